The summed E-state index contributed by atoms with van der Waals surface area (Å²) in [4.78, 5) is 11.6. The molecular formula is C12H17BrN2O4S. The zero-order valence-electron chi connectivity index (χ0n) is 11.1. The van der Waals surface area contributed by atoms with E-state index in [9.17, 15) is 13.2 Å². The second-order valence-electron chi connectivity index (χ2n) is 3.97. The van der Waals surface area contributed by atoms with Gasteiger partial charge in [0, 0.05) is 24.7 Å². The number of methoxy groups -OCH3 is 1. The molecule has 2 N–H and O–H groups in total. The highest BCUT2D eigenvalue weighted by molar-refractivity contribution is 9.10. The topological polar surface area (TPSA) is 84.5 Å². The van der Waals surface area contributed by atoms with Crippen molar-refractivity contribution in [2.45, 2.75) is 11.3 Å². The molecule has 1 amide bonds. The van der Waals surface area contributed by atoms with E-state index in [1.165, 1.54) is 12.1 Å². The highest BCUT2D eigenvalue weighted by Crippen LogP contribution is 2.14. The van der Waals surface area contributed by atoms with Gasteiger partial charge in [-0.3, -0.25) is 4.79 Å². The van der Waals surface area contributed by atoms with Gasteiger partial charge < -0.3 is 10.1 Å². The molecule has 0 heterocycles. The van der Waals surface area contributed by atoms with E-state index >= 15 is 0 Å². The van der Waals surface area contributed by atoms with Gasteiger partial charge in [-0.05, 0) is 30.7 Å². The first-order valence-corrected chi connectivity index (χ1v) is 8.24. The molecule has 6 nitrogen and oxygen atoms in total. The second kappa shape index (κ2) is 8.35. The predicted molar refractivity (Wildman–Crippen MR) is 78.8 cm³/mol. The number of rotatable bonds is 8. The number of hydrogen-bond acceptors (Lipinski definition) is 4. The van der Waals surface area contributed by atoms with Crippen molar-refractivity contribution in [3.63, 3.8) is 0 Å². The molecule has 0 saturated heterocycles. The molecule has 1 aromatic rings. The van der Waals surface area contributed by atoms with Crippen LogP contribution >= 0.6 is 15.9 Å². The normalized spacial score (nSPS) is 11.3. The summed E-state index contributed by atoms with van der Waals surface area (Å²) in [5, 5.41) is 2.60. The van der Waals surface area contributed by atoms with Crippen LogP contribution in [0.1, 0.15) is 6.42 Å². The average Bonchev–Trinajstić information content (AvgIpc) is 2.42. The van der Waals surface area contributed by atoms with Crippen molar-refractivity contribution in [2.24, 2.45) is 0 Å². The third-order valence-electron chi connectivity index (χ3n) is 2.39. The Labute approximate surface area is 127 Å². The summed E-state index contributed by atoms with van der Waals surface area (Å²) < 4.78 is 31.7. The van der Waals surface area contributed by atoms with Crippen molar-refractivity contribution >= 4 is 31.9 Å². The maximum absolute atomic E-state index is 11.9. The first-order valence-electron chi connectivity index (χ1n) is 5.96. The number of carbonyl (C=O) groups excluding carboxylic acids is 1. The fraction of sp³-hybridized carbons (Fsp3) is 0.417. The molecule has 112 valence electrons. The van der Waals surface area contributed by atoms with Crippen LogP contribution in [0.15, 0.2) is 33.6 Å². The molecule has 0 spiro atoms. The van der Waals surface area contributed by atoms with Crippen molar-refractivity contribution < 1.29 is 17.9 Å². The SMILES string of the molecule is COCCCNC(=O)CNS(=O)(=O)c1ccc(Br)cc1. The molecule has 0 radical (unpaired) electrons. The lowest BCUT2D eigenvalue weighted by Gasteiger charge is -2.07. The van der Waals surface area contributed by atoms with E-state index < -0.39 is 10.0 Å². The van der Waals surface area contributed by atoms with Gasteiger partial charge in [-0.1, -0.05) is 15.9 Å². The van der Waals surface area contributed by atoms with Crippen molar-refractivity contribution in [1.29, 1.82) is 0 Å². The zero-order valence-corrected chi connectivity index (χ0v) is 13.5. The number of sulfonamides is 1. The summed E-state index contributed by atoms with van der Waals surface area (Å²) in [7, 11) is -2.09. The lowest BCUT2D eigenvalue weighted by molar-refractivity contribution is -0.120. The number of benzene rings is 1. The summed E-state index contributed by atoms with van der Waals surface area (Å²) in [5.74, 6) is -0.373. The molecule has 0 aliphatic carbocycles. The van der Waals surface area contributed by atoms with E-state index in [-0.39, 0.29) is 17.3 Å². The fourth-order valence-corrected chi connectivity index (χ4v) is 2.61. The van der Waals surface area contributed by atoms with Gasteiger partial charge in [-0.25, -0.2) is 13.1 Å². The quantitative estimate of drug-likeness (QED) is 0.670. The zero-order chi connectivity index (χ0) is 15.0. The molecule has 0 aliphatic rings. The summed E-state index contributed by atoms with van der Waals surface area (Å²) in [5.41, 5.74) is 0. The molecule has 0 bridgehead atoms. The maximum atomic E-state index is 11.9. The fourth-order valence-electron chi connectivity index (χ4n) is 1.36. The second-order valence-corrected chi connectivity index (χ2v) is 6.66. The third-order valence-corrected chi connectivity index (χ3v) is 4.34. The van der Waals surface area contributed by atoms with E-state index in [4.69, 9.17) is 4.74 Å². The standard InChI is InChI=1S/C12H17BrN2O4S/c1-19-8-2-7-14-12(16)9-15-20(17,18)11-5-3-10(13)4-6-11/h3-6,15H,2,7-9H2,1H3,(H,14,16). The van der Waals surface area contributed by atoms with Crippen LogP contribution in [-0.4, -0.2) is 41.1 Å². The Balaban J connectivity index is 2.43. The van der Waals surface area contributed by atoms with E-state index in [2.05, 4.69) is 26.0 Å². The van der Waals surface area contributed by atoms with Crippen LogP contribution in [0.4, 0.5) is 0 Å². The van der Waals surface area contributed by atoms with Crippen LogP contribution in [-0.2, 0) is 19.6 Å². The van der Waals surface area contributed by atoms with Crippen LogP contribution in [0.5, 0.6) is 0 Å². The molecule has 20 heavy (non-hydrogen) atoms. The van der Waals surface area contributed by atoms with Crippen LogP contribution in [0.3, 0.4) is 0 Å². The minimum absolute atomic E-state index is 0.118. The molecule has 0 unspecified atom stereocenters. The van der Waals surface area contributed by atoms with Gasteiger partial charge in [0.25, 0.3) is 0 Å². The highest BCUT2D eigenvalue weighted by atomic mass is 79.9. The van der Waals surface area contributed by atoms with Gasteiger partial charge in [0.1, 0.15) is 0 Å². The molecule has 0 fully saturated rings. The number of hydrogen-bond donors (Lipinski definition) is 2. The molecular weight excluding hydrogens is 348 g/mol. The minimum atomic E-state index is -3.66. The Kier molecular flexibility index (Phi) is 7.14. The Bertz CT molecular complexity index is 531. The van der Waals surface area contributed by atoms with Gasteiger partial charge >= 0.3 is 0 Å². The third kappa shape index (κ3) is 6.00. The number of amides is 1. The van der Waals surface area contributed by atoms with Crippen molar-refractivity contribution in [1.82, 2.24) is 10.0 Å². The summed E-state index contributed by atoms with van der Waals surface area (Å²) in [6.07, 6.45) is 0.682. The van der Waals surface area contributed by atoms with Crippen LogP contribution in [0.2, 0.25) is 0 Å². The smallest absolute Gasteiger partial charge is 0.241 e. The number of carbonyl (C=O) groups is 1. The van der Waals surface area contributed by atoms with Gasteiger partial charge in [-0.2, -0.15) is 0 Å². The lowest BCUT2D eigenvalue weighted by Crippen LogP contribution is -2.37. The molecule has 0 atom stereocenters. The first kappa shape index (κ1) is 17.1. The largest absolute Gasteiger partial charge is 0.385 e. The molecule has 0 aliphatic heterocycles. The molecule has 8 heteroatoms. The number of halogens is 1. The van der Waals surface area contributed by atoms with Crippen molar-refractivity contribution in [2.75, 3.05) is 26.8 Å². The monoisotopic (exact) mass is 364 g/mol. The van der Waals surface area contributed by atoms with Crippen LogP contribution < -0.4 is 10.0 Å². The molecule has 1 rings (SSSR count). The van der Waals surface area contributed by atoms with Crippen LogP contribution in [0.25, 0.3) is 0 Å². The Morgan fingerprint density at radius 2 is 1.95 bits per heavy atom. The summed E-state index contributed by atoms with van der Waals surface area (Å²) in [6.45, 7) is 0.711. The highest BCUT2D eigenvalue weighted by Gasteiger charge is 2.14. The molecule has 1 aromatic carbocycles. The number of ether oxygens (including phenoxy) is 1. The van der Waals surface area contributed by atoms with Gasteiger partial charge in [0.2, 0.25) is 15.9 Å². The van der Waals surface area contributed by atoms with Gasteiger partial charge in [-0.15, -0.1) is 0 Å². The minimum Gasteiger partial charge on any atom is -0.385 e. The van der Waals surface area contributed by atoms with Crippen LogP contribution in [0, 0.1) is 0 Å². The van der Waals surface area contributed by atoms with E-state index in [0.717, 1.165) is 4.47 Å². The predicted octanol–water partition coefficient (Wildman–Crippen LogP) is 0.880. The van der Waals surface area contributed by atoms with E-state index in [1.807, 2.05) is 0 Å². The van der Waals surface area contributed by atoms with E-state index in [0.29, 0.717) is 19.6 Å². The van der Waals surface area contributed by atoms with Gasteiger partial charge in [0.15, 0.2) is 0 Å². The molecule has 0 aromatic heterocycles. The number of nitrogens with one attached hydrogen (secondary N) is 2. The average molecular weight is 365 g/mol. The van der Waals surface area contributed by atoms with Gasteiger partial charge in [0.05, 0.1) is 11.4 Å². The maximum Gasteiger partial charge on any atom is 0.241 e. The Morgan fingerprint density at radius 1 is 1.30 bits per heavy atom. The van der Waals surface area contributed by atoms with E-state index in [1.54, 1.807) is 19.2 Å². The first-order chi connectivity index (χ1) is 9.45. The van der Waals surface area contributed by atoms with Crippen molar-refractivity contribution in [3.8, 4) is 0 Å². The summed E-state index contributed by atoms with van der Waals surface area (Å²) >= 11 is 3.23. The lowest BCUT2D eigenvalue weighted by atomic mass is 10.4. The Hall–Kier alpha value is -0.960. The molecule has 0 saturated carbocycles. The summed E-state index contributed by atoms with van der Waals surface area (Å²) in [6, 6.07) is 6.17. The van der Waals surface area contributed by atoms with Crippen molar-refractivity contribution in [3.05, 3.63) is 28.7 Å². The Morgan fingerprint density at radius 3 is 2.55 bits per heavy atom.